The number of aryl methyl sites for hydroxylation is 6. The lowest BCUT2D eigenvalue weighted by atomic mass is 10.0. The molecule has 0 unspecified atom stereocenters. The number of anilines is 3. The van der Waals surface area contributed by atoms with Gasteiger partial charge in [0.05, 0.1) is 67.4 Å². The van der Waals surface area contributed by atoms with Crippen molar-refractivity contribution in [2.75, 3.05) is 73.9 Å². The van der Waals surface area contributed by atoms with Gasteiger partial charge in [0.15, 0.2) is 0 Å². The number of aliphatic hydroxyl groups is 2. The van der Waals surface area contributed by atoms with Gasteiger partial charge < -0.3 is 29.8 Å². The predicted octanol–water partition coefficient (Wildman–Crippen LogP) is 11.1. The van der Waals surface area contributed by atoms with Crippen LogP contribution in [0.25, 0.3) is 10.9 Å². The maximum Gasteiger partial charge on any atom is 0.264 e. The summed E-state index contributed by atoms with van der Waals surface area (Å²) in [6.07, 6.45) is 19.2. The van der Waals surface area contributed by atoms with Crippen LogP contribution in [-0.2, 0) is 66.7 Å². The normalized spacial score (nSPS) is 14.2. The number of nitrogens with one attached hydrogen (secondary N) is 1. The largest absolute Gasteiger partial charge is 0.502 e. The Morgan fingerprint density at radius 1 is 0.737 bits per heavy atom. The molecule has 5 aromatic rings. The minimum atomic E-state index is -3.39. The number of halogens is 7. The molecule has 10 rings (SSSR count). The van der Waals surface area contributed by atoms with E-state index in [1.807, 2.05) is 12.1 Å². The molecule has 4 aromatic carbocycles. The molecular formula is C52H75Cl3F4N6O9S2. The van der Waals surface area contributed by atoms with Crippen molar-refractivity contribution in [3.05, 3.63) is 141 Å². The Hall–Kier alpha value is -4.71. The summed E-state index contributed by atoms with van der Waals surface area (Å²) in [6.45, 7) is 4.28. The molecule has 0 spiro atoms. The van der Waals surface area contributed by atoms with Crippen LogP contribution in [0.4, 0.5) is 34.6 Å². The average molecular weight is 1170 g/mol. The number of rotatable bonds is 7. The van der Waals surface area contributed by atoms with E-state index in [9.17, 15) is 39.3 Å². The zero-order valence-corrected chi connectivity index (χ0v) is 45.4. The molecule has 15 nitrogen and oxygen atoms in total. The van der Waals surface area contributed by atoms with Crippen LogP contribution < -0.4 is 21.2 Å². The van der Waals surface area contributed by atoms with Crippen molar-refractivity contribution in [2.45, 2.75) is 98.4 Å². The van der Waals surface area contributed by atoms with Gasteiger partial charge in [-0.15, -0.1) is 29.7 Å². The zero-order valence-electron chi connectivity index (χ0n) is 41.4. The third-order valence-electron chi connectivity index (χ3n) is 11.2. The Balaban J connectivity index is 0.000000909. The van der Waals surface area contributed by atoms with Crippen LogP contribution in [0.3, 0.4) is 0 Å². The fourth-order valence-corrected chi connectivity index (χ4v) is 8.62. The number of hydrazine groups is 1. The number of aromatic nitrogens is 1. The Morgan fingerprint density at radius 2 is 1.28 bits per heavy atom. The van der Waals surface area contributed by atoms with Crippen LogP contribution in [-0.4, -0.2) is 90.2 Å². The summed E-state index contributed by atoms with van der Waals surface area (Å²) in [5.41, 5.74) is 9.04. The molecule has 6 heterocycles. The topological polar surface area (TPSA) is 206 Å². The third kappa shape index (κ3) is 25.6. The van der Waals surface area contributed by atoms with Crippen molar-refractivity contribution in [1.82, 2.24) is 4.57 Å². The first-order chi connectivity index (χ1) is 34.3. The Kier molecular flexibility index (Phi) is 34.1. The van der Waals surface area contributed by atoms with Crippen LogP contribution in [0, 0.1) is 28.2 Å². The van der Waals surface area contributed by atoms with E-state index in [0.29, 0.717) is 19.4 Å². The number of ether oxygens (including phenoxy) is 1. The van der Waals surface area contributed by atoms with E-state index in [4.69, 9.17) is 25.0 Å². The van der Waals surface area contributed by atoms with Gasteiger partial charge in [0, 0.05) is 54.1 Å². The highest BCUT2D eigenvalue weighted by Gasteiger charge is 2.19. The molecule has 0 bridgehead atoms. The molecule has 0 fully saturated rings. The summed E-state index contributed by atoms with van der Waals surface area (Å²) in [6, 6.07) is 17.3. The predicted molar refractivity (Wildman–Crippen MR) is 304 cm³/mol. The SMILES string of the molecule is C.C.C1=COCCC1.CS(=O)(=O)Cl.CS(=O)(=O)OCCCc1cn2c3c(cc(F)cc13)CCC2.Cl.Cl.Fc1ccc2c(c1)CCCN2.NN1CCCc2cc(F)ccc21.O=NN1CCCc2cc(F)ccc21.OCCO. The standard InChI is InChI=1S/C15H18FNO3S.C9H9FN2O.C9H11FN2.C9H10FN.C5H8O.C2H6O2.CH3ClO2S.2CH4.2ClH/c1-21(18,19)20-7-3-5-12-10-17-6-2-4-11-8-13(16)9-14(12)15(11)17;10-8-3-4-9-7(6-8)2-1-5-12(9)11-13;10-8-3-4-9-7(6-8)2-1-5-12(9)11;10-8-3-4-9-7(6-8)2-1-5-11-9;1-2-4-6-5-3-1;3-1-2-4;1-5(2,3)4;;;;/h8-10H,2-7H2,1H3;3-4,6H,1-2,5H2;3-4,6H,1-2,5,11H2;3-4,6,11H,1-2,5H2;2,4H,1,3,5H2;3-4H,1-2H2;1H3;2*1H4;2*1H. The first kappa shape index (κ1) is 71.3. The molecule has 0 aliphatic carbocycles. The average Bonchev–Trinajstić information content (AvgIpc) is 3.70. The minimum Gasteiger partial charge on any atom is -0.502 e. The van der Waals surface area contributed by atoms with E-state index in [1.165, 1.54) is 42.1 Å². The number of nitroso groups, excluding NO2 is 1. The molecular weight excluding hydrogens is 1100 g/mol. The highest BCUT2D eigenvalue weighted by atomic mass is 35.7. The monoisotopic (exact) mass is 1170 g/mol. The van der Waals surface area contributed by atoms with Crippen LogP contribution in [0.2, 0.25) is 0 Å². The van der Waals surface area contributed by atoms with Gasteiger partial charge >= 0.3 is 0 Å². The summed E-state index contributed by atoms with van der Waals surface area (Å²) in [5, 5.41) is 25.4. The molecule has 0 atom stereocenters. The van der Waals surface area contributed by atoms with E-state index in [0.717, 1.165) is 146 Å². The smallest absolute Gasteiger partial charge is 0.264 e. The van der Waals surface area contributed by atoms with E-state index in [-0.39, 0.29) is 82.8 Å². The van der Waals surface area contributed by atoms with Gasteiger partial charge in [0.1, 0.15) is 23.3 Å². The highest BCUT2D eigenvalue weighted by Crippen LogP contribution is 2.32. The number of hydrogen-bond donors (Lipinski definition) is 4. The summed E-state index contributed by atoms with van der Waals surface area (Å²) >= 11 is 0. The molecule has 0 saturated heterocycles. The molecule has 5 N–H and O–H groups in total. The zero-order chi connectivity index (χ0) is 52.7. The van der Waals surface area contributed by atoms with Gasteiger partial charge in [-0.3, -0.25) is 4.18 Å². The fourth-order valence-electron chi connectivity index (χ4n) is 8.20. The minimum absolute atomic E-state index is 0. The number of hydrogen-bond acceptors (Lipinski definition) is 13. The van der Waals surface area contributed by atoms with E-state index in [1.54, 1.807) is 47.7 Å². The van der Waals surface area contributed by atoms with Gasteiger partial charge in [0.2, 0.25) is 9.05 Å². The number of allylic oxidation sites excluding steroid dienone is 1. The molecule has 24 heteroatoms. The molecule has 0 saturated carbocycles. The molecule has 5 aliphatic rings. The molecule has 0 amide bonds. The number of benzene rings is 4. The quantitative estimate of drug-likeness (QED) is 0.0299. The Morgan fingerprint density at radius 3 is 1.83 bits per heavy atom. The van der Waals surface area contributed by atoms with E-state index in [2.05, 4.69) is 32.0 Å². The molecule has 1 aromatic heterocycles. The van der Waals surface area contributed by atoms with Crippen molar-refractivity contribution >= 4 is 82.6 Å². The van der Waals surface area contributed by atoms with Crippen LogP contribution in [0.15, 0.2) is 90.6 Å². The van der Waals surface area contributed by atoms with Crippen LogP contribution in [0.1, 0.15) is 87.6 Å². The van der Waals surface area contributed by atoms with Gasteiger partial charge in [0.25, 0.3) is 10.1 Å². The number of fused-ring (bicyclic) bond motifs is 3. The van der Waals surface area contributed by atoms with Gasteiger partial charge in [-0.05, 0) is 178 Å². The summed E-state index contributed by atoms with van der Waals surface area (Å²) in [4.78, 5) is 10.4. The lowest BCUT2D eigenvalue weighted by Gasteiger charge is -2.26. The van der Waals surface area contributed by atoms with Crippen molar-refractivity contribution in [2.24, 2.45) is 11.1 Å². The Bertz CT molecular complexity index is 2760. The number of aliphatic hydroxyl groups excluding tert-OH is 2. The Labute approximate surface area is 463 Å². The second-order valence-corrected chi connectivity index (χ2v) is 21.7. The van der Waals surface area contributed by atoms with Gasteiger partial charge in [-0.25, -0.2) is 36.8 Å². The van der Waals surface area contributed by atoms with Crippen molar-refractivity contribution in [3.8, 4) is 0 Å². The van der Waals surface area contributed by atoms with Crippen LogP contribution >= 0.6 is 35.5 Å². The van der Waals surface area contributed by atoms with Gasteiger partial charge in [-0.1, -0.05) is 14.9 Å². The summed E-state index contributed by atoms with van der Waals surface area (Å²) in [7, 11) is -2.08. The maximum atomic E-state index is 13.7. The second-order valence-electron chi connectivity index (χ2n) is 17.0. The second kappa shape index (κ2) is 36.4. The molecule has 5 aliphatic heterocycles. The van der Waals surface area contributed by atoms with Gasteiger partial charge in [-0.2, -0.15) is 8.42 Å². The number of nitrogens with two attached hydrogens (primary N) is 1. The lowest BCUT2D eigenvalue weighted by Crippen LogP contribution is -2.35. The number of nitrogens with zero attached hydrogens (tertiary/aromatic N) is 4. The first-order valence-corrected chi connectivity index (χ1v) is 28.1. The van der Waals surface area contributed by atoms with E-state index < -0.39 is 19.2 Å². The van der Waals surface area contributed by atoms with Crippen LogP contribution in [0.5, 0.6) is 0 Å². The molecule has 76 heavy (non-hydrogen) atoms. The summed E-state index contributed by atoms with van der Waals surface area (Å²) < 4.78 is 104. The fraction of sp³-hybridized carbons (Fsp3) is 0.462. The highest BCUT2D eigenvalue weighted by molar-refractivity contribution is 8.13. The molecule has 0 radical (unpaired) electrons. The molecule has 428 valence electrons. The van der Waals surface area contributed by atoms with E-state index >= 15 is 0 Å². The third-order valence-corrected chi connectivity index (χ3v) is 11.8. The lowest BCUT2D eigenvalue weighted by molar-refractivity contribution is 0.186. The maximum absolute atomic E-state index is 13.7. The van der Waals surface area contributed by atoms with Crippen molar-refractivity contribution < 1.29 is 53.5 Å². The van der Waals surface area contributed by atoms with Crippen molar-refractivity contribution in [3.63, 3.8) is 0 Å². The summed E-state index contributed by atoms with van der Waals surface area (Å²) in [5.74, 6) is 4.94. The first-order valence-electron chi connectivity index (χ1n) is 23.5. The van der Waals surface area contributed by atoms with Crippen molar-refractivity contribution in [1.29, 1.82) is 0 Å².